The molecule has 0 aliphatic rings. The number of imidazole rings is 1. The van der Waals surface area contributed by atoms with Gasteiger partial charge in [0.05, 0.1) is 0 Å². The smallest absolute Gasteiger partial charge is 0.332 e. The molecule has 0 bridgehead atoms. The van der Waals surface area contributed by atoms with Gasteiger partial charge in [-0.05, 0) is 20.3 Å². The molecular formula is C15H25N5O2. The molecule has 0 unspecified atom stereocenters. The largest absolute Gasteiger partial charge is 0.343 e. The summed E-state index contributed by atoms with van der Waals surface area (Å²) in [6.45, 7) is 8.34. The molecule has 0 radical (unpaired) electrons. The van der Waals surface area contributed by atoms with E-state index >= 15 is 0 Å². The fourth-order valence-electron chi connectivity index (χ4n) is 2.72. The van der Waals surface area contributed by atoms with Gasteiger partial charge in [-0.1, -0.05) is 13.3 Å². The SMILES string of the molecule is CCCCn1c(=O)n(C)c(=O)c2c1nc(N(CC)CC)n2C. The second kappa shape index (κ2) is 6.37. The topological polar surface area (TPSA) is 65.1 Å². The van der Waals surface area contributed by atoms with Gasteiger partial charge in [0.15, 0.2) is 11.2 Å². The Balaban J connectivity index is 2.82. The number of hydrogen-bond acceptors (Lipinski definition) is 4. The van der Waals surface area contributed by atoms with Crippen molar-refractivity contribution < 1.29 is 0 Å². The first-order valence-electron chi connectivity index (χ1n) is 7.89. The third-order valence-corrected chi connectivity index (χ3v) is 4.12. The number of fused-ring (bicyclic) bond motifs is 1. The van der Waals surface area contributed by atoms with Gasteiger partial charge < -0.3 is 9.47 Å². The molecule has 2 aromatic rings. The van der Waals surface area contributed by atoms with Gasteiger partial charge in [-0.3, -0.25) is 13.9 Å². The predicted molar refractivity (Wildman–Crippen MR) is 88.7 cm³/mol. The van der Waals surface area contributed by atoms with Crippen molar-refractivity contribution in [1.29, 1.82) is 0 Å². The zero-order valence-electron chi connectivity index (χ0n) is 14.1. The maximum atomic E-state index is 12.5. The Morgan fingerprint density at radius 1 is 1.05 bits per heavy atom. The van der Waals surface area contributed by atoms with Crippen molar-refractivity contribution in [3.8, 4) is 0 Å². The van der Waals surface area contributed by atoms with E-state index in [-0.39, 0.29) is 11.2 Å². The van der Waals surface area contributed by atoms with Crippen LogP contribution in [-0.4, -0.2) is 31.8 Å². The molecule has 22 heavy (non-hydrogen) atoms. The van der Waals surface area contributed by atoms with Crippen LogP contribution in [0, 0.1) is 0 Å². The summed E-state index contributed by atoms with van der Waals surface area (Å²) in [6.07, 6.45) is 1.86. The van der Waals surface area contributed by atoms with Crippen LogP contribution in [0.5, 0.6) is 0 Å². The zero-order chi connectivity index (χ0) is 16.4. The first-order chi connectivity index (χ1) is 10.5. The first-order valence-corrected chi connectivity index (χ1v) is 7.89. The third-order valence-electron chi connectivity index (χ3n) is 4.12. The van der Waals surface area contributed by atoms with Gasteiger partial charge in [0.25, 0.3) is 5.56 Å². The summed E-state index contributed by atoms with van der Waals surface area (Å²) >= 11 is 0. The van der Waals surface area contributed by atoms with Gasteiger partial charge in [0, 0.05) is 33.7 Å². The standard InChI is InChI=1S/C15H25N5O2/c1-6-9-10-20-12-11(13(21)18(5)15(20)22)17(4)14(16-12)19(7-2)8-3/h6-10H2,1-5H3. The summed E-state index contributed by atoms with van der Waals surface area (Å²) < 4.78 is 4.59. The van der Waals surface area contributed by atoms with Crippen LogP contribution in [0.3, 0.4) is 0 Å². The summed E-state index contributed by atoms with van der Waals surface area (Å²) in [7, 11) is 3.36. The van der Waals surface area contributed by atoms with Crippen LogP contribution in [0.25, 0.3) is 11.2 Å². The van der Waals surface area contributed by atoms with Crippen LogP contribution in [0.1, 0.15) is 33.6 Å². The van der Waals surface area contributed by atoms with E-state index in [1.54, 1.807) is 9.13 Å². The van der Waals surface area contributed by atoms with Gasteiger partial charge in [-0.15, -0.1) is 0 Å². The lowest BCUT2D eigenvalue weighted by Gasteiger charge is -2.19. The number of unbranched alkanes of at least 4 members (excludes halogenated alkanes) is 1. The molecule has 0 amide bonds. The number of aromatic nitrogens is 4. The summed E-state index contributed by atoms with van der Waals surface area (Å²) in [5.41, 5.74) is 0.391. The Morgan fingerprint density at radius 2 is 1.68 bits per heavy atom. The monoisotopic (exact) mass is 307 g/mol. The highest BCUT2D eigenvalue weighted by molar-refractivity contribution is 5.74. The first kappa shape index (κ1) is 16.3. The minimum absolute atomic E-state index is 0.291. The summed E-state index contributed by atoms with van der Waals surface area (Å²) in [6, 6.07) is 0. The zero-order valence-corrected chi connectivity index (χ0v) is 14.1. The lowest BCUT2D eigenvalue weighted by Crippen LogP contribution is -2.38. The van der Waals surface area contributed by atoms with E-state index in [2.05, 4.69) is 16.8 Å². The fourth-order valence-corrected chi connectivity index (χ4v) is 2.72. The van der Waals surface area contributed by atoms with Crippen LogP contribution < -0.4 is 16.1 Å². The number of rotatable bonds is 6. The molecule has 122 valence electrons. The molecule has 0 N–H and O–H groups in total. The Morgan fingerprint density at radius 3 is 2.23 bits per heavy atom. The van der Waals surface area contributed by atoms with E-state index in [0.29, 0.717) is 17.7 Å². The Labute approximate surface area is 129 Å². The predicted octanol–water partition coefficient (Wildman–Crippen LogP) is 1.08. The molecule has 2 rings (SSSR count). The molecular weight excluding hydrogens is 282 g/mol. The van der Waals surface area contributed by atoms with Crippen molar-refractivity contribution in [3.05, 3.63) is 20.8 Å². The van der Waals surface area contributed by atoms with Crippen LogP contribution >= 0.6 is 0 Å². The highest BCUT2D eigenvalue weighted by atomic mass is 16.2. The molecule has 0 aliphatic heterocycles. The Hall–Kier alpha value is -2.05. The van der Waals surface area contributed by atoms with Crippen molar-refractivity contribution >= 4 is 17.1 Å². The van der Waals surface area contributed by atoms with Crippen molar-refractivity contribution in [2.24, 2.45) is 14.1 Å². The van der Waals surface area contributed by atoms with Crippen molar-refractivity contribution in [2.45, 2.75) is 40.2 Å². The molecule has 0 aliphatic carbocycles. The van der Waals surface area contributed by atoms with E-state index in [1.165, 1.54) is 11.6 Å². The molecule has 0 saturated carbocycles. The van der Waals surface area contributed by atoms with E-state index in [9.17, 15) is 9.59 Å². The van der Waals surface area contributed by atoms with Crippen molar-refractivity contribution in [1.82, 2.24) is 18.7 Å². The quantitative estimate of drug-likeness (QED) is 0.801. The van der Waals surface area contributed by atoms with Crippen molar-refractivity contribution in [2.75, 3.05) is 18.0 Å². The molecule has 2 aromatic heterocycles. The Bertz CT molecular complexity index is 780. The van der Waals surface area contributed by atoms with E-state index in [0.717, 1.165) is 31.9 Å². The lowest BCUT2D eigenvalue weighted by atomic mass is 10.3. The number of nitrogens with zero attached hydrogens (tertiary/aromatic N) is 5. The second-order valence-corrected chi connectivity index (χ2v) is 5.47. The van der Waals surface area contributed by atoms with E-state index in [4.69, 9.17) is 0 Å². The second-order valence-electron chi connectivity index (χ2n) is 5.47. The summed E-state index contributed by atoms with van der Waals surface area (Å²) in [4.78, 5) is 31.6. The van der Waals surface area contributed by atoms with Gasteiger partial charge in [-0.25, -0.2) is 4.79 Å². The normalized spacial score (nSPS) is 11.3. The third kappa shape index (κ3) is 2.44. The summed E-state index contributed by atoms with van der Waals surface area (Å²) in [5.74, 6) is 0.730. The fraction of sp³-hybridized carbons (Fsp3) is 0.667. The molecule has 7 nitrogen and oxygen atoms in total. The van der Waals surface area contributed by atoms with Crippen LogP contribution in [-0.2, 0) is 20.6 Å². The van der Waals surface area contributed by atoms with Gasteiger partial charge in [0.1, 0.15) is 0 Å². The molecule has 7 heteroatoms. The molecule has 0 fully saturated rings. The minimum Gasteiger partial charge on any atom is -0.343 e. The average molecular weight is 307 g/mol. The number of anilines is 1. The Kier molecular flexibility index (Phi) is 4.73. The van der Waals surface area contributed by atoms with Crippen LogP contribution in [0.2, 0.25) is 0 Å². The maximum absolute atomic E-state index is 12.5. The van der Waals surface area contributed by atoms with Gasteiger partial charge in [0.2, 0.25) is 5.95 Å². The minimum atomic E-state index is -0.296. The van der Waals surface area contributed by atoms with Gasteiger partial charge in [-0.2, -0.15) is 4.98 Å². The summed E-state index contributed by atoms with van der Waals surface area (Å²) in [5, 5.41) is 0. The average Bonchev–Trinajstić information content (AvgIpc) is 2.84. The number of aryl methyl sites for hydroxylation is 2. The number of hydrogen-bond donors (Lipinski definition) is 0. The molecule has 2 heterocycles. The molecule has 0 aromatic carbocycles. The molecule has 0 saturated heterocycles. The maximum Gasteiger partial charge on any atom is 0.332 e. The highest BCUT2D eigenvalue weighted by Gasteiger charge is 2.20. The molecule has 0 spiro atoms. The van der Waals surface area contributed by atoms with Crippen LogP contribution in [0.15, 0.2) is 9.59 Å². The van der Waals surface area contributed by atoms with E-state index < -0.39 is 0 Å². The lowest BCUT2D eigenvalue weighted by molar-refractivity contribution is 0.583. The highest BCUT2D eigenvalue weighted by Crippen LogP contribution is 2.18. The molecule has 0 atom stereocenters. The van der Waals surface area contributed by atoms with Gasteiger partial charge >= 0.3 is 5.69 Å². The van der Waals surface area contributed by atoms with Crippen LogP contribution in [0.4, 0.5) is 5.95 Å². The van der Waals surface area contributed by atoms with Crippen molar-refractivity contribution in [3.63, 3.8) is 0 Å². The van der Waals surface area contributed by atoms with E-state index in [1.807, 2.05) is 20.9 Å².